The molecule has 6 heteroatoms. The zero-order chi connectivity index (χ0) is 13.2. The predicted octanol–water partition coefficient (Wildman–Crippen LogP) is 3.30. The minimum absolute atomic E-state index is 0.543. The van der Waals surface area contributed by atoms with Gasteiger partial charge in [-0.1, -0.05) is 16.8 Å². The van der Waals surface area contributed by atoms with Gasteiger partial charge in [0.05, 0.1) is 5.02 Å². The summed E-state index contributed by atoms with van der Waals surface area (Å²) in [6.07, 6.45) is 3.33. The van der Waals surface area contributed by atoms with Crippen LogP contribution in [-0.4, -0.2) is 23.2 Å². The Kier molecular flexibility index (Phi) is 3.86. The topological polar surface area (TPSA) is 51.0 Å². The second kappa shape index (κ2) is 5.61. The SMILES string of the molecule is Cc1csc(-c2nc(CC3CCCNC3)no2)c1Cl. The normalized spacial score (nSPS) is 19.8. The van der Waals surface area contributed by atoms with Crippen LogP contribution in [0.1, 0.15) is 24.2 Å². The minimum atomic E-state index is 0.543. The van der Waals surface area contributed by atoms with Gasteiger partial charge in [-0.3, -0.25) is 0 Å². The first-order chi connectivity index (χ1) is 9.24. The van der Waals surface area contributed by atoms with E-state index in [1.165, 1.54) is 12.8 Å². The molecule has 4 nitrogen and oxygen atoms in total. The fourth-order valence-electron chi connectivity index (χ4n) is 2.36. The van der Waals surface area contributed by atoms with Crippen molar-refractivity contribution >= 4 is 22.9 Å². The summed E-state index contributed by atoms with van der Waals surface area (Å²) in [5.41, 5.74) is 1.05. The molecular formula is C13H16ClN3OS. The van der Waals surface area contributed by atoms with E-state index in [9.17, 15) is 0 Å². The number of aryl methyl sites for hydroxylation is 1. The van der Waals surface area contributed by atoms with Crippen molar-refractivity contribution in [3.05, 3.63) is 21.8 Å². The molecule has 102 valence electrons. The van der Waals surface area contributed by atoms with Crippen LogP contribution in [0, 0.1) is 12.8 Å². The van der Waals surface area contributed by atoms with Crippen molar-refractivity contribution in [1.82, 2.24) is 15.5 Å². The molecule has 1 N–H and O–H groups in total. The van der Waals surface area contributed by atoms with Crippen LogP contribution in [0.4, 0.5) is 0 Å². The third-order valence-electron chi connectivity index (χ3n) is 3.43. The molecule has 1 atom stereocenters. The first-order valence-electron chi connectivity index (χ1n) is 6.51. The third-order valence-corrected chi connectivity index (χ3v) is 5.12. The van der Waals surface area contributed by atoms with Crippen molar-refractivity contribution in [1.29, 1.82) is 0 Å². The second-order valence-electron chi connectivity index (χ2n) is 4.99. The molecule has 1 saturated heterocycles. The molecule has 0 amide bonds. The average molecular weight is 298 g/mol. The van der Waals surface area contributed by atoms with Crippen molar-refractivity contribution in [3.63, 3.8) is 0 Å². The molecule has 19 heavy (non-hydrogen) atoms. The van der Waals surface area contributed by atoms with Crippen molar-refractivity contribution in [3.8, 4) is 10.8 Å². The maximum Gasteiger partial charge on any atom is 0.269 e. The monoisotopic (exact) mass is 297 g/mol. The Bertz CT molecular complexity index is 560. The highest BCUT2D eigenvalue weighted by Gasteiger charge is 2.19. The molecule has 1 unspecified atom stereocenters. The van der Waals surface area contributed by atoms with Gasteiger partial charge < -0.3 is 9.84 Å². The van der Waals surface area contributed by atoms with Gasteiger partial charge in [-0.05, 0) is 49.7 Å². The Morgan fingerprint density at radius 1 is 1.58 bits per heavy atom. The minimum Gasteiger partial charge on any atom is -0.333 e. The van der Waals surface area contributed by atoms with Gasteiger partial charge >= 0.3 is 0 Å². The fraction of sp³-hybridized carbons (Fsp3) is 0.538. The van der Waals surface area contributed by atoms with Gasteiger partial charge in [-0.2, -0.15) is 4.98 Å². The highest BCUT2D eigenvalue weighted by Crippen LogP contribution is 2.35. The van der Waals surface area contributed by atoms with Crippen LogP contribution >= 0.6 is 22.9 Å². The summed E-state index contributed by atoms with van der Waals surface area (Å²) in [7, 11) is 0. The molecule has 2 aromatic rings. The Hall–Kier alpha value is -0.910. The van der Waals surface area contributed by atoms with Crippen LogP contribution in [0.5, 0.6) is 0 Å². The molecule has 0 aromatic carbocycles. The van der Waals surface area contributed by atoms with Crippen molar-refractivity contribution in [2.45, 2.75) is 26.2 Å². The van der Waals surface area contributed by atoms with E-state index in [-0.39, 0.29) is 0 Å². The standard InChI is InChI=1S/C13H16ClN3OS/c1-8-7-19-12(11(8)14)13-16-10(17-18-13)5-9-3-2-4-15-6-9/h7,9,15H,2-6H2,1H3. The van der Waals surface area contributed by atoms with E-state index in [2.05, 4.69) is 15.5 Å². The number of nitrogens with zero attached hydrogens (tertiary/aromatic N) is 2. The summed E-state index contributed by atoms with van der Waals surface area (Å²) < 4.78 is 5.33. The number of aromatic nitrogens is 2. The second-order valence-corrected chi connectivity index (χ2v) is 6.25. The molecule has 0 radical (unpaired) electrons. The van der Waals surface area contributed by atoms with E-state index in [4.69, 9.17) is 16.1 Å². The van der Waals surface area contributed by atoms with Crippen LogP contribution in [0.2, 0.25) is 5.02 Å². The summed E-state index contributed by atoms with van der Waals surface area (Å²) in [4.78, 5) is 5.34. The highest BCUT2D eigenvalue weighted by molar-refractivity contribution is 7.14. The smallest absolute Gasteiger partial charge is 0.269 e. The van der Waals surface area contributed by atoms with Gasteiger partial charge in [0, 0.05) is 6.42 Å². The lowest BCUT2D eigenvalue weighted by Gasteiger charge is -2.20. The Morgan fingerprint density at radius 2 is 2.47 bits per heavy atom. The Labute approximate surface area is 121 Å². The van der Waals surface area contributed by atoms with E-state index in [1.54, 1.807) is 11.3 Å². The largest absolute Gasteiger partial charge is 0.333 e. The van der Waals surface area contributed by atoms with Gasteiger partial charge in [0.2, 0.25) is 0 Å². The Morgan fingerprint density at radius 3 is 3.16 bits per heavy atom. The molecule has 3 rings (SSSR count). The van der Waals surface area contributed by atoms with E-state index in [0.29, 0.717) is 11.8 Å². The van der Waals surface area contributed by atoms with Crippen molar-refractivity contribution in [2.75, 3.05) is 13.1 Å². The number of rotatable bonds is 3. The van der Waals surface area contributed by atoms with Gasteiger partial charge in [0.15, 0.2) is 5.82 Å². The number of hydrogen-bond acceptors (Lipinski definition) is 5. The highest BCUT2D eigenvalue weighted by atomic mass is 35.5. The van der Waals surface area contributed by atoms with Crippen LogP contribution in [-0.2, 0) is 6.42 Å². The summed E-state index contributed by atoms with van der Waals surface area (Å²) in [5, 5.41) is 10.2. The Balaban J connectivity index is 1.74. The maximum atomic E-state index is 6.22. The van der Waals surface area contributed by atoms with E-state index >= 15 is 0 Å². The molecule has 3 heterocycles. The number of halogens is 1. The van der Waals surface area contributed by atoms with Gasteiger partial charge in [0.1, 0.15) is 4.88 Å². The zero-order valence-electron chi connectivity index (χ0n) is 10.8. The first-order valence-corrected chi connectivity index (χ1v) is 7.77. The lowest BCUT2D eigenvalue weighted by molar-refractivity contribution is 0.360. The average Bonchev–Trinajstić information content (AvgIpc) is 3.00. The van der Waals surface area contributed by atoms with Crippen LogP contribution in [0.3, 0.4) is 0 Å². The molecule has 1 aliphatic heterocycles. The summed E-state index contributed by atoms with van der Waals surface area (Å²) in [6, 6.07) is 0. The number of thiophene rings is 1. The van der Waals surface area contributed by atoms with Gasteiger partial charge in [-0.25, -0.2) is 0 Å². The van der Waals surface area contributed by atoms with Crippen molar-refractivity contribution < 1.29 is 4.52 Å². The van der Waals surface area contributed by atoms with E-state index in [1.807, 2.05) is 12.3 Å². The molecule has 0 bridgehead atoms. The van der Waals surface area contributed by atoms with Crippen molar-refractivity contribution in [2.24, 2.45) is 5.92 Å². The number of hydrogen-bond donors (Lipinski definition) is 1. The van der Waals surface area contributed by atoms with Crippen LogP contribution in [0.25, 0.3) is 10.8 Å². The molecule has 1 aliphatic rings. The molecule has 1 fully saturated rings. The third kappa shape index (κ3) is 2.83. The molecule has 2 aromatic heterocycles. The summed E-state index contributed by atoms with van der Waals surface area (Å²) in [5.74, 6) is 1.94. The molecule has 0 spiro atoms. The predicted molar refractivity (Wildman–Crippen MR) is 76.7 cm³/mol. The van der Waals surface area contributed by atoms with Gasteiger partial charge in [0.25, 0.3) is 5.89 Å². The zero-order valence-corrected chi connectivity index (χ0v) is 12.4. The number of piperidine rings is 1. The fourth-order valence-corrected chi connectivity index (χ4v) is 3.55. The number of nitrogens with one attached hydrogen (secondary N) is 1. The maximum absolute atomic E-state index is 6.22. The first kappa shape index (κ1) is 13.1. The van der Waals surface area contributed by atoms with E-state index < -0.39 is 0 Å². The van der Waals surface area contributed by atoms with Gasteiger partial charge in [-0.15, -0.1) is 11.3 Å². The lowest BCUT2D eigenvalue weighted by atomic mass is 9.96. The van der Waals surface area contributed by atoms with E-state index in [0.717, 1.165) is 40.8 Å². The molecular weight excluding hydrogens is 282 g/mol. The lowest BCUT2D eigenvalue weighted by Crippen LogP contribution is -2.31. The molecule has 0 aliphatic carbocycles. The quantitative estimate of drug-likeness (QED) is 0.944. The van der Waals surface area contributed by atoms with Crippen LogP contribution in [0.15, 0.2) is 9.90 Å². The summed E-state index contributed by atoms with van der Waals surface area (Å²) >= 11 is 7.77. The summed E-state index contributed by atoms with van der Waals surface area (Å²) in [6.45, 7) is 4.15. The van der Waals surface area contributed by atoms with Crippen LogP contribution < -0.4 is 5.32 Å². The molecule has 0 saturated carbocycles.